The average molecular weight is 397 g/mol. The van der Waals surface area contributed by atoms with Crippen LogP contribution in [-0.4, -0.2) is 79.6 Å². The number of nitrogens with zero attached hydrogens (tertiary/aromatic N) is 5. The number of carbonyl (C=O) groups excluding carboxylic acids is 1. The summed E-state index contributed by atoms with van der Waals surface area (Å²) in [6, 6.07) is 12.6. The van der Waals surface area contributed by atoms with Gasteiger partial charge in [0.2, 0.25) is 5.91 Å². The zero-order valence-electron chi connectivity index (χ0n) is 16.7. The maximum atomic E-state index is 13.1. The Bertz CT molecular complexity index is 785. The fourth-order valence-corrected chi connectivity index (χ4v) is 4.02. The van der Waals surface area contributed by atoms with Crippen LogP contribution in [0.2, 0.25) is 0 Å². The van der Waals surface area contributed by atoms with Gasteiger partial charge in [0.15, 0.2) is 0 Å². The molecule has 29 heavy (non-hydrogen) atoms. The molecule has 0 saturated carbocycles. The minimum atomic E-state index is -0.202. The zero-order chi connectivity index (χ0) is 20.1. The van der Waals surface area contributed by atoms with Gasteiger partial charge in [-0.15, -0.1) is 0 Å². The molecule has 1 aromatic carbocycles. The molecule has 2 aromatic rings. The summed E-state index contributed by atoms with van der Waals surface area (Å²) < 4.78 is 13.1. The van der Waals surface area contributed by atoms with E-state index in [4.69, 9.17) is 0 Å². The number of halogens is 1. The van der Waals surface area contributed by atoms with E-state index in [1.165, 1.54) is 12.1 Å². The summed E-state index contributed by atoms with van der Waals surface area (Å²) >= 11 is 0. The second-order valence-corrected chi connectivity index (χ2v) is 7.61. The highest BCUT2D eigenvalue weighted by Crippen LogP contribution is 2.17. The van der Waals surface area contributed by atoms with Crippen molar-refractivity contribution < 1.29 is 9.18 Å². The van der Waals surface area contributed by atoms with Gasteiger partial charge in [-0.2, -0.15) is 0 Å². The number of amides is 1. The first-order valence-corrected chi connectivity index (χ1v) is 10.4. The molecule has 0 unspecified atom stereocenters. The Labute approximate surface area is 171 Å². The van der Waals surface area contributed by atoms with Crippen LogP contribution in [0.4, 0.5) is 15.9 Å². The minimum Gasteiger partial charge on any atom is -0.369 e. The van der Waals surface area contributed by atoms with Crippen molar-refractivity contribution in [3.8, 4) is 0 Å². The molecule has 2 saturated heterocycles. The smallest absolute Gasteiger partial charge is 0.223 e. The molecule has 2 fully saturated rings. The molecule has 2 aliphatic heterocycles. The van der Waals surface area contributed by atoms with Gasteiger partial charge in [-0.25, -0.2) is 9.37 Å². The van der Waals surface area contributed by atoms with E-state index in [0.717, 1.165) is 70.4 Å². The van der Waals surface area contributed by atoms with Gasteiger partial charge in [-0.1, -0.05) is 6.07 Å². The summed E-state index contributed by atoms with van der Waals surface area (Å²) in [5.74, 6) is 1.03. The Morgan fingerprint density at radius 2 is 1.55 bits per heavy atom. The van der Waals surface area contributed by atoms with E-state index in [0.29, 0.717) is 6.42 Å². The summed E-state index contributed by atoms with van der Waals surface area (Å²) in [5.41, 5.74) is 1.06. The van der Waals surface area contributed by atoms with Gasteiger partial charge in [0.1, 0.15) is 11.6 Å². The second-order valence-electron chi connectivity index (χ2n) is 7.61. The number of anilines is 2. The van der Waals surface area contributed by atoms with Crippen molar-refractivity contribution in [1.82, 2.24) is 14.8 Å². The number of rotatable bonds is 5. The summed E-state index contributed by atoms with van der Waals surface area (Å²) in [6.45, 7) is 7.65. The maximum absolute atomic E-state index is 13.1. The van der Waals surface area contributed by atoms with E-state index in [9.17, 15) is 9.18 Å². The zero-order valence-corrected chi connectivity index (χ0v) is 16.7. The predicted molar refractivity (Wildman–Crippen MR) is 113 cm³/mol. The van der Waals surface area contributed by atoms with Crippen molar-refractivity contribution in [3.63, 3.8) is 0 Å². The lowest BCUT2D eigenvalue weighted by Gasteiger charge is -2.37. The van der Waals surface area contributed by atoms with Crippen molar-refractivity contribution in [2.24, 2.45) is 0 Å². The number of carbonyl (C=O) groups is 1. The predicted octanol–water partition coefficient (Wildman–Crippen LogP) is 2.08. The van der Waals surface area contributed by atoms with Crippen molar-refractivity contribution in [2.75, 3.05) is 68.7 Å². The molecule has 4 rings (SSSR count). The number of benzene rings is 1. The molecule has 6 nitrogen and oxygen atoms in total. The van der Waals surface area contributed by atoms with Crippen molar-refractivity contribution in [3.05, 3.63) is 54.5 Å². The highest BCUT2D eigenvalue weighted by Gasteiger charge is 2.23. The Morgan fingerprint density at radius 1 is 0.862 bits per heavy atom. The quantitative estimate of drug-likeness (QED) is 0.773. The Balaban J connectivity index is 1.17. The lowest BCUT2D eigenvalue weighted by atomic mass is 10.2. The summed E-state index contributed by atoms with van der Waals surface area (Å²) in [7, 11) is 0. The maximum Gasteiger partial charge on any atom is 0.223 e. The third-order valence-corrected chi connectivity index (χ3v) is 5.81. The van der Waals surface area contributed by atoms with Crippen LogP contribution in [-0.2, 0) is 4.79 Å². The van der Waals surface area contributed by atoms with Gasteiger partial charge in [-0.05, 0) is 36.4 Å². The standard InChI is InChI=1S/C22H28FN5O/c23-19-4-6-20(7-5-19)26-13-11-25(12-14-26)10-8-22(29)28-17-15-27(16-18-28)21-3-1-2-9-24-21/h1-7,9H,8,10-18H2. The van der Waals surface area contributed by atoms with Crippen LogP contribution in [0.1, 0.15) is 6.42 Å². The number of aromatic nitrogens is 1. The first kappa shape index (κ1) is 19.6. The van der Waals surface area contributed by atoms with Gasteiger partial charge < -0.3 is 14.7 Å². The van der Waals surface area contributed by atoms with E-state index in [1.807, 2.05) is 41.4 Å². The highest BCUT2D eigenvalue weighted by atomic mass is 19.1. The Hall–Kier alpha value is -2.67. The molecule has 0 spiro atoms. The molecule has 154 valence electrons. The largest absolute Gasteiger partial charge is 0.369 e. The van der Waals surface area contributed by atoms with Gasteiger partial charge in [-0.3, -0.25) is 9.69 Å². The number of piperazine rings is 2. The molecule has 7 heteroatoms. The van der Waals surface area contributed by atoms with E-state index in [-0.39, 0.29) is 11.7 Å². The average Bonchev–Trinajstić information content (AvgIpc) is 2.79. The van der Waals surface area contributed by atoms with Crippen LogP contribution in [0.15, 0.2) is 48.7 Å². The van der Waals surface area contributed by atoms with Crippen LogP contribution < -0.4 is 9.80 Å². The first-order chi connectivity index (χ1) is 14.2. The molecule has 0 radical (unpaired) electrons. The fourth-order valence-electron chi connectivity index (χ4n) is 4.02. The van der Waals surface area contributed by atoms with Crippen LogP contribution in [0, 0.1) is 5.82 Å². The van der Waals surface area contributed by atoms with Crippen LogP contribution in [0.25, 0.3) is 0 Å². The number of pyridine rings is 1. The van der Waals surface area contributed by atoms with Crippen molar-refractivity contribution >= 4 is 17.4 Å². The van der Waals surface area contributed by atoms with Crippen molar-refractivity contribution in [2.45, 2.75) is 6.42 Å². The van der Waals surface area contributed by atoms with E-state index in [2.05, 4.69) is 19.7 Å². The molecular weight excluding hydrogens is 369 g/mol. The lowest BCUT2D eigenvalue weighted by Crippen LogP contribution is -2.50. The van der Waals surface area contributed by atoms with E-state index in [1.54, 1.807) is 0 Å². The van der Waals surface area contributed by atoms with Crippen molar-refractivity contribution in [1.29, 1.82) is 0 Å². The molecule has 0 bridgehead atoms. The van der Waals surface area contributed by atoms with Gasteiger partial charge in [0, 0.05) is 77.2 Å². The molecule has 1 amide bonds. The molecule has 3 heterocycles. The number of hydrogen-bond donors (Lipinski definition) is 0. The van der Waals surface area contributed by atoms with Crippen LogP contribution in [0.5, 0.6) is 0 Å². The third kappa shape index (κ3) is 5.03. The molecule has 0 aliphatic carbocycles. The van der Waals surface area contributed by atoms with E-state index < -0.39 is 0 Å². The number of hydrogen-bond acceptors (Lipinski definition) is 5. The summed E-state index contributed by atoms with van der Waals surface area (Å²) in [6.07, 6.45) is 2.38. The normalized spacial score (nSPS) is 18.2. The third-order valence-electron chi connectivity index (χ3n) is 5.81. The molecule has 0 atom stereocenters. The highest BCUT2D eigenvalue weighted by molar-refractivity contribution is 5.76. The molecule has 1 aromatic heterocycles. The van der Waals surface area contributed by atoms with Gasteiger partial charge in [0.25, 0.3) is 0 Å². The lowest BCUT2D eigenvalue weighted by molar-refractivity contribution is -0.131. The summed E-state index contributed by atoms with van der Waals surface area (Å²) in [5, 5.41) is 0. The van der Waals surface area contributed by atoms with Gasteiger partial charge in [0.05, 0.1) is 0 Å². The topological polar surface area (TPSA) is 42.9 Å². The SMILES string of the molecule is O=C(CCN1CCN(c2ccc(F)cc2)CC1)N1CCN(c2ccccn2)CC1. The summed E-state index contributed by atoms with van der Waals surface area (Å²) in [4.78, 5) is 25.9. The fraction of sp³-hybridized carbons (Fsp3) is 0.455. The molecule has 2 aliphatic rings. The monoisotopic (exact) mass is 397 g/mol. The van der Waals surface area contributed by atoms with Crippen LogP contribution in [0.3, 0.4) is 0 Å². The van der Waals surface area contributed by atoms with Gasteiger partial charge >= 0.3 is 0 Å². The van der Waals surface area contributed by atoms with E-state index >= 15 is 0 Å². The molecule has 0 N–H and O–H groups in total. The Morgan fingerprint density at radius 3 is 2.21 bits per heavy atom. The van der Waals surface area contributed by atoms with Crippen LogP contribution >= 0.6 is 0 Å². The minimum absolute atomic E-state index is 0.202. The first-order valence-electron chi connectivity index (χ1n) is 10.4. The second kappa shape index (κ2) is 9.22. The Kier molecular flexibility index (Phi) is 6.24. The molecular formula is C22H28FN5O.